The topological polar surface area (TPSA) is 32.3 Å². The second-order valence-corrected chi connectivity index (χ2v) is 5.37. The van der Waals surface area contributed by atoms with Crippen LogP contribution >= 0.6 is 0 Å². The number of amides is 1. The van der Waals surface area contributed by atoms with Crippen LogP contribution in [0.25, 0.3) is 0 Å². The molecule has 0 aliphatic carbocycles. The Balaban J connectivity index is 2.05. The maximum absolute atomic E-state index is 12.6. The molecule has 1 aromatic carbocycles. The smallest absolute Gasteiger partial charge is 0.254 e. The number of nitrogens with one attached hydrogen (secondary N) is 1. The highest BCUT2D eigenvalue weighted by molar-refractivity contribution is 5.96. The third kappa shape index (κ3) is 3.57. The van der Waals surface area contributed by atoms with Crippen LogP contribution in [0, 0.1) is 6.92 Å². The van der Waals surface area contributed by atoms with Crippen LogP contribution in [0.3, 0.4) is 0 Å². The molecule has 0 saturated carbocycles. The maximum Gasteiger partial charge on any atom is 0.254 e. The van der Waals surface area contributed by atoms with Crippen LogP contribution in [-0.4, -0.2) is 37.5 Å². The van der Waals surface area contributed by atoms with Crippen molar-refractivity contribution < 1.29 is 4.79 Å². The zero-order valence-corrected chi connectivity index (χ0v) is 12.0. The molecule has 0 atom stereocenters. The van der Waals surface area contributed by atoms with E-state index in [1.165, 1.54) is 11.1 Å². The van der Waals surface area contributed by atoms with Crippen LogP contribution in [0.1, 0.15) is 40.7 Å². The quantitative estimate of drug-likeness (QED) is 0.824. The lowest BCUT2D eigenvalue weighted by Crippen LogP contribution is -2.32. The Hall–Kier alpha value is -1.35. The predicted molar refractivity (Wildman–Crippen MR) is 78.6 cm³/mol. The Morgan fingerprint density at radius 3 is 2.95 bits per heavy atom. The third-order valence-corrected chi connectivity index (χ3v) is 3.76. The van der Waals surface area contributed by atoms with Gasteiger partial charge in [0.2, 0.25) is 0 Å². The van der Waals surface area contributed by atoms with E-state index < -0.39 is 0 Å². The second-order valence-electron chi connectivity index (χ2n) is 5.37. The van der Waals surface area contributed by atoms with Crippen LogP contribution in [0.4, 0.5) is 0 Å². The molecule has 0 fully saturated rings. The minimum absolute atomic E-state index is 0.223. The molecule has 104 valence electrons. The van der Waals surface area contributed by atoms with Crippen LogP contribution < -0.4 is 5.32 Å². The minimum Gasteiger partial charge on any atom is -0.339 e. The number of aryl methyl sites for hydroxylation is 2. The average Bonchev–Trinajstić information content (AvgIpc) is 2.56. The van der Waals surface area contributed by atoms with E-state index in [-0.39, 0.29) is 5.91 Å². The molecule has 0 radical (unpaired) electrons. The van der Waals surface area contributed by atoms with Crippen molar-refractivity contribution in [2.45, 2.75) is 32.6 Å². The summed E-state index contributed by atoms with van der Waals surface area (Å²) in [4.78, 5) is 14.6. The summed E-state index contributed by atoms with van der Waals surface area (Å²) in [6.45, 7) is 4.85. The Morgan fingerprint density at radius 1 is 1.32 bits per heavy atom. The summed E-state index contributed by atoms with van der Waals surface area (Å²) >= 11 is 0. The Morgan fingerprint density at radius 2 is 2.16 bits per heavy atom. The number of unbranched alkanes of at least 4 members (excludes halogenated alkanes) is 1. The number of rotatable bonds is 5. The highest BCUT2D eigenvalue weighted by Crippen LogP contribution is 2.20. The SMILES string of the molecule is CNCCCCN1CCCc2ccc(C)cc2C1=O. The molecule has 0 saturated heterocycles. The summed E-state index contributed by atoms with van der Waals surface area (Å²) in [6, 6.07) is 6.27. The van der Waals surface area contributed by atoms with E-state index in [1.807, 2.05) is 18.0 Å². The zero-order chi connectivity index (χ0) is 13.7. The molecule has 1 heterocycles. The molecule has 0 bridgehead atoms. The van der Waals surface area contributed by atoms with Gasteiger partial charge in [0, 0.05) is 18.7 Å². The fraction of sp³-hybridized carbons (Fsp3) is 0.562. The number of hydrogen-bond acceptors (Lipinski definition) is 2. The molecule has 0 spiro atoms. The predicted octanol–water partition coefficient (Wildman–Crippen LogP) is 2.38. The van der Waals surface area contributed by atoms with Crippen molar-refractivity contribution in [3.05, 3.63) is 34.9 Å². The number of carbonyl (C=O) groups excluding carboxylic acids is 1. The minimum atomic E-state index is 0.223. The normalized spacial score (nSPS) is 15.3. The van der Waals surface area contributed by atoms with Gasteiger partial charge in [-0.15, -0.1) is 0 Å². The molecule has 1 aromatic rings. The van der Waals surface area contributed by atoms with E-state index in [2.05, 4.69) is 24.4 Å². The van der Waals surface area contributed by atoms with E-state index in [4.69, 9.17) is 0 Å². The highest BCUT2D eigenvalue weighted by Gasteiger charge is 2.21. The molecule has 3 heteroatoms. The lowest BCUT2D eigenvalue weighted by molar-refractivity contribution is 0.0758. The summed E-state index contributed by atoms with van der Waals surface area (Å²) in [6.07, 6.45) is 4.30. The first-order chi connectivity index (χ1) is 9.22. The molecule has 0 unspecified atom stereocenters. The van der Waals surface area contributed by atoms with Gasteiger partial charge in [-0.1, -0.05) is 17.7 Å². The number of carbonyl (C=O) groups is 1. The van der Waals surface area contributed by atoms with Crippen molar-refractivity contribution in [2.24, 2.45) is 0 Å². The largest absolute Gasteiger partial charge is 0.339 e. The zero-order valence-electron chi connectivity index (χ0n) is 12.0. The molecule has 1 aliphatic rings. The summed E-state index contributed by atoms with van der Waals surface area (Å²) in [5.41, 5.74) is 3.31. The van der Waals surface area contributed by atoms with Crippen LogP contribution in [0.15, 0.2) is 18.2 Å². The van der Waals surface area contributed by atoms with Gasteiger partial charge in [0.15, 0.2) is 0 Å². The molecule has 1 aliphatic heterocycles. The van der Waals surface area contributed by atoms with Gasteiger partial charge in [0.1, 0.15) is 0 Å². The van der Waals surface area contributed by atoms with Gasteiger partial charge >= 0.3 is 0 Å². The Labute approximate surface area is 116 Å². The molecule has 1 amide bonds. The standard InChI is InChI=1S/C16H24N2O/c1-13-7-8-14-6-5-11-18(10-4-3-9-17-2)16(19)15(14)12-13/h7-8,12,17H,3-6,9-11H2,1-2H3. The van der Waals surface area contributed by atoms with Gasteiger partial charge in [-0.25, -0.2) is 0 Å². The summed E-state index contributed by atoms with van der Waals surface area (Å²) in [7, 11) is 1.97. The van der Waals surface area contributed by atoms with Gasteiger partial charge in [-0.2, -0.15) is 0 Å². The Kier molecular flexibility index (Phi) is 4.97. The number of fused-ring (bicyclic) bond motifs is 1. The molecule has 3 nitrogen and oxygen atoms in total. The first-order valence-electron chi connectivity index (χ1n) is 7.26. The third-order valence-electron chi connectivity index (χ3n) is 3.76. The molecule has 1 N–H and O–H groups in total. The van der Waals surface area contributed by atoms with Crippen molar-refractivity contribution in [1.82, 2.24) is 10.2 Å². The second kappa shape index (κ2) is 6.71. The van der Waals surface area contributed by atoms with Crippen LogP contribution in [-0.2, 0) is 6.42 Å². The first kappa shape index (κ1) is 14.1. The van der Waals surface area contributed by atoms with E-state index in [9.17, 15) is 4.79 Å². The van der Waals surface area contributed by atoms with E-state index >= 15 is 0 Å². The Bertz CT molecular complexity index is 442. The maximum atomic E-state index is 12.6. The van der Waals surface area contributed by atoms with E-state index in [0.717, 1.165) is 50.9 Å². The van der Waals surface area contributed by atoms with Crippen molar-refractivity contribution in [3.8, 4) is 0 Å². The molecule has 2 rings (SSSR count). The average molecular weight is 260 g/mol. The van der Waals surface area contributed by atoms with Gasteiger partial charge in [0.25, 0.3) is 5.91 Å². The van der Waals surface area contributed by atoms with Gasteiger partial charge in [-0.3, -0.25) is 4.79 Å². The highest BCUT2D eigenvalue weighted by atomic mass is 16.2. The van der Waals surface area contributed by atoms with Crippen molar-refractivity contribution in [3.63, 3.8) is 0 Å². The van der Waals surface area contributed by atoms with Gasteiger partial charge in [0.05, 0.1) is 0 Å². The number of hydrogen-bond donors (Lipinski definition) is 1. The number of benzene rings is 1. The fourth-order valence-electron chi connectivity index (χ4n) is 2.66. The van der Waals surface area contributed by atoms with Gasteiger partial charge in [-0.05, 0) is 57.8 Å². The fourth-order valence-corrected chi connectivity index (χ4v) is 2.66. The van der Waals surface area contributed by atoms with E-state index in [1.54, 1.807) is 0 Å². The van der Waals surface area contributed by atoms with Crippen molar-refractivity contribution in [1.29, 1.82) is 0 Å². The monoisotopic (exact) mass is 260 g/mol. The summed E-state index contributed by atoms with van der Waals surface area (Å²) in [5.74, 6) is 0.223. The molecule has 19 heavy (non-hydrogen) atoms. The lowest BCUT2D eigenvalue weighted by atomic mass is 10.0. The summed E-state index contributed by atoms with van der Waals surface area (Å²) in [5, 5.41) is 3.15. The van der Waals surface area contributed by atoms with Crippen LogP contribution in [0.5, 0.6) is 0 Å². The molecular weight excluding hydrogens is 236 g/mol. The molecule has 0 aromatic heterocycles. The summed E-state index contributed by atoms with van der Waals surface area (Å²) < 4.78 is 0. The number of nitrogens with zero attached hydrogens (tertiary/aromatic N) is 1. The van der Waals surface area contributed by atoms with E-state index in [0.29, 0.717) is 0 Å². The first-order valence-corrected chi connectivity index (χ1v) is 7.26. The van der Waals surface area contributed by atoms with Crippen molar-refractivity contribution in [2.75, 3.05) is 26.7 Å². The van der Waals surface area contributed by atoms with Gasteiger partial charge < -0.3 is 10.2 Å². The van der Waals surface area contributed by atoms with Crippen molar-refractivity contribution >= 4 is 5.91 Å². The lowest BCUT2D eigenvalue weighted by Gasteiger charge is -2.21. The molecular formula is C16H24N2O. The van der Waals surface area contributed by atoms with Crippen LogP contribution in [0.2, 0.25) is 0 Å².